The second-order valence-electron chi connectivity index (χ2n) is 3.30. The van der Waals surface area contributed by atoms with Crippen molar-refractivity contribution in [3.63, 3.8) is 0 Å². The molecule has 0 aliphatic heterocycles. The van der Waals surface area contributed by atoms with E-state index in [1.54, 1.807) is 18.3 Å². The third-order valence-corrected chi connectivity index (χ3v) is 2.38. The van der Waals surface area contributed by atoms with Gasteiger partial charge in [-0.25, -0.2) is 0 Å². The summed E-state index contributed by atoms with van der Waals surface area (Å²) in [7, 11) is 0. The number of para-hydroxylation sites is 1. The minimum Gasteiger partial charge on any atom is -0.327 e. The van der Waals surface area contributed by atoms with E-state index >= 15 is 0 Å². The van der Waals surface area contributed by atoms with Crippen LogP contribution in [-0.2, 0) is 16.0 Å². The molecule has 4 heteroatoms. The highest BCUT2D eigenvalue weighted by atomic mass is 16.1. The minimum absolute atomic E-state index is 0.351. The molecule has 1 heterocycles. The zero-order chi connectivity index (χ0) is 11.4. The monoisotopic (exact) mass is 214 g/mol. The maximum atomic E-state index is 10.5. The number of carbonyl (C=O) groups excluding carboxylic acids is 2. The summed E-state index contributed by atoms with van der Waals surface area (Å²) < 4.78 is 0. The fraction of sp³-hybridized carbons (Fsp3) is 0.0833. The Morgan fingerprint density at radius 2 is 2.12 bits per heavy atom. The molecule has 0 atom stereocenters. The van der Waals surface area contributed by atoms with Gasteiger partial charge in [0.05, 0.1) is 11.2 Å². The van der Waals surface area contributed by atoms with E-state index < -0.39 is 0 Å². The SMILES string of the molecule is O=CCc1ccnc2c(NC=O)cccc12. The Hall–Kier alpha value is -2.23. The lowest BCUT2D eigenvalue weighted by atomic mass is 10.1. The molecule has 2 rings (SSSR count). The summed E-state index contributed by atoms with van der Waals surface area (Å²) in [4.78, 5) is 25.2. The van der Waals surface area contributed by atoms with Gasteiger partial charge in [0.15, 0.2) is 0 Å². The summed E-state index contributed by atoms with van der Waals surface area (Å²) in [6.45, 7) is 0. The van der Waals surface area contributed by atoms with Gasteiger partial charge in [-0.2, -0.15) is 0 Å². The number of benzene rings is 1. The maximum absolute atomic E-state index is 10.5. The number of nitrogens with zero attached hydrogens (tertiary/aromatic N) is 1. The number of aldehydes is 1. The number of amides is 1. The molecule has 1 aromatic carbocycles. The van der Waals surface area contributed by atoms with E-state index in [0.717, 1.165) is 17.2 Å². The van der Waals surface area contributed by atoms with E-state index in [1.807, 2.05) is 12.1 Å². The molecule has 2 aromatic rings. The van der Waals surface area contributed by atoms with Gasteiger partial charge in [-0.3, -0.25) is 9.78 Å². The van der Waals surface area contributed by atoms with Gasteiger partial charge in [-0.1, -0.05) is 12.1 Å². The first-order chi connectivity index (χ1) is 7.86. The van der Waals surface area contributed by atoms with Crippen LogP contribution < -0.4 is 5.32 Å². The molecule has 0 saturated heterocycles. The van der Waals surface area contributed by atoms with E-state index in [4.69, 9.17) is 0 Å². The lowest BCUT2D eigenvalue weighted by Crippen LogP contribution is -1.97. The molecule has 0 spiro atoms. The summed E-state index contributed by atoms with van der Waals surface area (Å²) >= 11 is 0. The molecular weight excluding hydrogens is 204 g/mol. The topological polar surface area (TPSA) is 59.1 Å². The lowest BCUT2D eigenvalue weighted by molar-refractivity contribution is -0.107. The van der Waals surface area contributed by atoms with Crippen molar-refractivity contribution in [1.29, 1.82) is 0 Å². The number of carbonyl (C=O) groups is 2. The Kier molecular flexibility index (Phi) is 2.91. The van der Waals surface area contributed by atoms with Crippen LogP contribution >= 0.6 is 0 Å². The average Bonchev–Trinajstić information content (AvgIpc) is 2.31. The smallest absolute Gasteiger partial charge is 0.211 e. The van der Waals surface area contributed by atoms with Gasteiger partial charge >= 0.3 is 0 Å². The predicted molar refractivity (Wildman–Crippen MR) is 61.2 cm³/mol. The number of hydrogen-bond donors (Lipinski definition) is 1. The molecule has 4 nitrogen and oxygen atoms in total. The molecule has 16 heavy (non-hydrogen) atoms. The van der Waals surface area contributed by atoms with Crippen LogP contribution in [0.5, 0.6) is 0 Å². The first-order valence-corrected chi connectivity index (χ1v) is 4.87. The number of nitrogens with one attached hydrogen (secondary N) is 1. The summed E-state index contributed by atoms with van der Waals surface area (Å²) in [5.74, 6) is 0. The Labute approximate surface area is 92.3 Å². The molecule has 0 aliphatic rings. The van der Waals surface area contributed by atoms with Crippen molar-refractivity contribution < 1.29 is 9.59 Å². The summed E-state index contributed by atoms with van der Waals surface area (Å²) in [6.07, 6.45) is 3.46. The summed E-state index contributed by atoms with van der Waals surface area (Å²) in [6, 6.07) is 7.29. The number of fused-ring (bicyclic) bond motifs is 1. The third-order valence-electron chi connectivity index (χ3n) is 2.38. The van der Waals surface area contributed by atoms with Gasteiger partial charge in [-0.05, 0) is 17.7 Å². The number of rotatable bonds is 4. The van der Waals surface area contributed by atoms with E-state index in [0.29, 0.717) is 24.0 Å². The zero-order valence-corrected chi connectivity index (χ0v) is 8.51. The van der Waals surface area contributed by atoms with Crippen molar-refractivity contribution in [2.75, 3.05) is 5.32 Å². The highest BCUT2D eigenvalue weighted by molar-refractivity contribution is 5.96. The van der Waals surface area contributed by atoms with Crippen LogP contribution in [0.2, 0.25) is 0 Å². The molecule has 0 bridgehead atoms. The van der Waals surface area contributed by atoms with Crippen LogP contribution in [-0.4, -0.2) is 17.7 Å². The van der Waals surface area contributed by atoms with E-state index in [-0.39, 0.29) is 0 Å². The molecular formula is C12H10N2O2. The van der Waals surface area contributed by atoms with Gasteiger partial charge < -0.3 is 10.1 Å². The van der Waals surface area contributed by atoms with Crippen LogP contribution in [0.15, 0.2) is 30.5 Å². The van der Waals surface area contributed by atoms with Gasteiger partial charge in [0, 0.05) is 18.0 Å². The minimum atomic E-state index is 0.351. The normalized spacial score (nSPS) is 10.0. The Bertz CT molecular complexity index is 488. The molecule has 1 amide bonds. The molecule has 80 valence electrons. The standard InChI is InChI=1S/C12H10N2O2/c15-7-5-9-4-6-13-12-10(9)2-1-3-11(12)14-8-16/h1-4,6-8H,5H2,(H,14,16). The van der Waals surface area contributed by atoms with Crippen LogP contribution in [0.1, 0.15) is 5.56 Å². The van der Waals surface area contributed by atoms with E-state index in [9.17, 15) is 9.59 Å². The fourth-order valence-electron chi connectivity index (χ4n) is 1.68. The highest BCUT2D eigenvalue weighted by Crippen LogP contribution is 2.23. The first kappa shape index (κ1) is 10.3. The molecule has 0 aliphatic carbocycles. The molecule has 1 aromatic heterocycles. The van der Waals surface area contributed by atoms with Crippen molar-refractivity contribution in [2.24, 2.45) is 0 Å². The van der Waals surface area contributed by atoms with Crippen molar-refractivity contribution in [3.05, 3.63) is 36.0 Å². The second kappa shape index (κ2) is 4.53. The number of anilines is 1. The van der Waals surface area contributed by atoms with Crippen molar-refractivity contribution in [1.82, 2.24) is 4.98 Å². The van der Waals surface area contributed by atoms with Crippen molar-refractivity contribution in [2.45, 2.75) is 6.42 Å². The van der Waals surface area contributed by atoms with E-state index in [2.05, 4.69) is 10.3 Å². The van der Waals surface area contributed by atoms with Crippen molar-refractivity contribution in [3.8, 4) is 0 Å². The number of hydrogen-bond acceptors (Lipinski definition) is 3. The lowest BCUT2D eigenvalue weighted by Gasteiger charge is -2.06. The molecule has 0 unspecified atom stereocenters. The zero-order valence-electron chi connectivity index (χ0n) is 8.51. The molecule has 0 saturated carbocycles. The number of aromatic nitrogens is 1. The van der Waals surface area contributed by atoms with Crippen LogP contribution in [0, 0.1) is 0 Å². The molecule has 1 N–H and O–H groups in total. The second-order valence-corrected chi connectivity index (χ2v) is 3.30. The maximum Gasteiger partial charge on any atom is 0.211 e. The van der Waals surface area contributed by atoms with Crippen LogP contribution in [0.25, 0.3) is 10.9 Å². The van der Waals surface area contributed by atoms with Gasteiger partial charge in [0.1, 0.15) is 6.29 Å². The van der Waals surface area contributed by atoms with Crippen LogP contribution in [0.4, 0.5) is 5.69 Å². The van der Waals surface area contributed by atoms with Gasteiger partial charge in [-0.15, -0.1) is 0 Å². The largest absolute Gasteiger partial charge is 0.327 e. The first-order valence-electron chi connectivity index (χ1n) is 4.87. The average molecular weight is 214 g/mol. The summed E-state index contributed by atoms with van der Waals surface area (Å²) in [5.41, 5.74) is 2.27. The molecule has 0 fully saturated rings. The fourth-order valence-corrected chi connectivity index (χ4v) is 1.68. The third kappa shape index (κ3) is 1.77. The quantitative estimate of drug-likeness (QED) is 0.785. The Morgan fingerprint density at radius 1 is 1.25 bits per heavy atom. The van der Waals surface area contributed by atoms with Gasteiger partial charge in [0.25, 0.3) is 0 Å². The van der Waals surface area contributed by atoms with E-state index in [1.165, 1.54) is 0 Å². The number of pyridine rings is 1. The van der Waals surface area contributed by atoms with Crippen LogP contribution in [0.3, 0.4) is 0 Å². The predicted octanol–water partition coefficient (Wildman–Crippen LogP) is 1.54. The summed E-state index contributed by atoms with van der Waals surface area (Å²) in [5, 5.41) is 3.48. The Morgan fingerprint density at radius 3 is 2.88 bits per heavy atom. The highest BCUT2D eigenvalue weighted by Gasteiger charge is 2.04. The Balaban J connectivity index is 2.65. The van der Waals surface area contributed by atoms with Gasteiger partial charge in [0.2, 0.25) is 6.41 Å². The molecule has 0 radical (unpaired) electrons. The van der Waals surface area contributed by atoms with Crippen molar-refractivity contribution >= 4 is 29.3 Å².